The maximum absolute atomic E-state index is 12.6. The Morgan fingerprint density at radius 3 is 2.86 bits per heavy atom. The molecule has 0 bridgehead atoms. The van der Waals surface area contributed by atoms with Gasteiger partial charge in [-0.3, -0.25) is 4.79 Å². The Bertz CT molecular complexity index is 656. The van der Waals surface area contributed by atoms with Crippen molar-refractivity contribution in [3.05, 3.63) is 46.7 Å². The minimum atomic E-state index is -0.148. The van der Waals surface area contributed by atoms with Crippen LogP contribution in [0.5, 0.6) is 0 Å². The molecule has 0 spiro atoms. The van der Waals surface area contributed by atoms with Gasteiger partial charge in [0.1, 0.15) is 10.6 Å². The Morgan fingerprint density at radius 2 is 2.23 bits per heavy atom. The van der Waals surface area contributed by atoms with E-state index in [-0.39, 0.29) is 11.9 Å². The van der Waals surface area contributed by atoms with E-state index in [2.05, 4.69) is 38.1 Å². The second kappa shape index (κ2) is 6.79. The van der Waals surface area contributed by atoms with Crippen LogP contribution in [0.4, 0.5) is 10.8 Å². The summed E-state index contributed by atoms with van der Waals surface area (Å²) in [7, 11) is 0. The van der Waals surface area contributed by atoms with Crippen LogP contribution in [0.2, 0.25) is 0 Å². The van der Waals surface area contributed by atoms with E-state index in [1.165, 1.54) is 0 Å². The fraction of sp³-hybridized carbons (Fsp3) is 0.312. The zero-order valence-electron chi connectivity index (χ0n) is 12.1. The number of rotatable bonds is 4. The standard InChI is InChI=1S/C16H17BrN3OS/c1-2-11-5-7-12(8-6-11)18-15(21)13-4-3-9-20(13)16-19-14(17)10-22-16/h5-8,10,13H,1-4,9H2,(H,18,21)/t13-/m0/s1. The molecule has 1 aliphatic heterocycles. The number of nitrogens with zero attached hydrogens (tertiary/aromatic N) is 2. The van der Waals surface area contributed by atoms with E-state index in [4.69, 9.17) is 0 Å². The molecule has 1 aliphatic rings. The zero-order chi connectivity index (χ0) is 15.5. The van der Waals surface area contributed by atoms with E-state index in [0.29, 0.717) is 0 Å². The van der Waals surface area contributed by atoms with Gasteiger partial charge >= 0.3 is 0 Å². The number of carbonyl (C=O) groups is 1. The average Bonchev–Trinajstić information content (AvgIpc) is 3.16. The fourth-order valence-electron chi connectivity index (χ4n) is 2.63. The lowest BCUT2D eigenvalue weighted by atomic mass is 10.1. The van der Waals surface area contributed by atoms with Gasteiger partial charge < -0.3 is 10.2 Å². The highest BCUT2D eigenvalue weighted by molar-refractivity contribution is 9.10. The summed E-state index contributed by atoms with van der Waals surface area (Å²) < 4.78 is 0.822. The summed E-state index contributed by atoms with van der Waals surface area (Å²) in [4.78, 5) is 19.1. The smallest absolute Gasteiger partial charge is 0.247 e. The van der Waals surface area contributed by atoms with Gasteiger partial charge in [-0.2, -0.15) is 0 Å². The number of benzene rings is 1. The minimum absolute atomic E-state index is 0.0335. The Morgan fingerprint density at radius 1 is 1.45 bits per heavy atom. The molecule has 22 heavy (non-hydrogen) atoms. The van der Waals surface area contributed by atoms with E-state index in [0.717, 1.165) is 46.8 Å². The highest BCUT2D eigenvalue weighted by Crippen LogP contribution is 2.30. The van der Waals surface area contributed by atoms with Crippen LogP contribution in [0.25, 0.3) is 0 Å². The monoisotopic (exact) mass is 378 g/mol. The van der Waals surface area contributed by atoms with Crippen molar-refractivity contribution >= 4 is 44.0 Å². The average molecular weight is 379 g/mol. The Labute approximate surface area is 142 Å². The normalized spacial score (nSPS) is 17.7. The van der Waals surface area contributed by atoms with Gasteiger partial charge in [-0.05, 0) is 59.8 Å². The molecule has 4 nitrogen and oxygen atoms in total. The van der Waals surface area contributed by atoms with Crippen molar-refractivity contribution < 1.29 is 4.79 Å². The largest absolute Gasteiger partial charge is 0.336 e. The molecule has 0 saturated carbocycles. The molecule has 115 valence electrons. The highest BCUT2D eigenvalue weighted by Gasteiger charge is 2.32. The number of thiazole rings is 1. The molecule has 6 heteroatoms. The van der Waals surface area contributed by atoms with Gasteiger partial charge in [-0.1, -0.05) is 12.1 Å². The molecule has 1 aromatic carbocycles. The Hall–Kier alpha value is -1.40. The van der Waals surface area contributed by atoms with E-state index in [1.807, 2.05) is 29.6 Å². The maximum atomic E-state index is 12.6. The molecule has 1 amide bonds. The van der Waals surface area contributed by atoms with Crippen LogP contribution in [0, 0.1) is 6.92 Å². The lowest BCUT2D eigenvalue weighted by Gasteiger charge is -2.23. The van der Waals surface area contributed by atoms with Crippen LogP contribution in [0.1, 0.15) is 18.4 Å². The summed E-state index contributed by atoms with van der Waals surface area (Å²) in [5, 5.41) is 5.85. The summed E-state index contributed by atoms with van der Waals surface area (Å²) in [6.45, 7) is 4.72. The zero-order valence-corrected chi connectivity index (χ0v) is 14.5. The van der Waals surface area contributed by atoms with Gasteiger partial charge in [0.05, 0.1) is 0 Å². The number of nitrogens with one attached hydrogen (secondary N) is 1. The van der Waals surface area contributed by atoms with Crippen molar-refractivity contribution in [2.75, 3.05) is 16.8 Å². The van der Waals surface area contributed by atoms with Crippen LogP contribution in [0.15, 0.2) is 34.2 Å². The first kappa shape index (κ1) is 15.5. The number of aromatic nitrogens is 1. The molecule has 1 radical (unpaired) electrons. The second-order valence-electron chi connectivity index (χ2n) is 5.24. The van der Waals surface area contributed by atoms with Crippen molar-refractivity contribution in [3.8, 4) is 0 Å². The molecule has 3 rings (SSSR count). The first-order chi connectivity index (χ1) is 10.7. The lowest BCUT2D eigenvalue weighted by Crippen LogP contribution is -2.39. The van der Waals surface area contributed by atoms with E-state index in [1.54, 1.807) is 11.3 Å². The van der Waals surface area contributed by atoms with E-state index < -0.39 is 0 Å². The first-order valence-electron chi connectivity index (χ1n) is 7.24. The number of amides is 1. The number of hydrogen-bond acceptors (Lipinski definition) is 4. The highest BCUT2D eigenvalue weighted by atomic mass is 79.9. The van der Waals surface area contributed by atoms with Crippen LogP contribution < -0.4 is 10.2 Å². The van der Waals surface area contributed by atoms with Gasteiger partial charge in [0.15, 0.2) is 5.13 Å². The van der Waals surface area contributed by atoms with Gasteiger partial charge in [-0.25, -0.2) is 4.98 Å². The third-order valence-corrected chi connectivity index (χ3v) is 5.36. The van der Waals surface area contributed by atoms with Crippen molar-refractivity contribution in [2.24, 2.45) is 0 Å². The van der Waals surface area contributed by atoms with Crippen LogP contribution in [-0.4, -0.2) is 23.5 Å². The molecule has 1 N–H and O–H groups in total. The second-order valence-corrected chi connectivity index (χ2v) is 6.89. The molecular weight excluding hydrogens is 362 g/mol. The summed E-state index contributed by atoms with van der Waals surface area (Å²) in [5.41, 5.74) is 1.99. The molecule has 0 aliphatic carbocycles. The molecule has 0 unspecified atom stereocenters. The number of carbonyl (C=O) groups excluding carboxylic acids is 1. The van der Waals surface area contributed by atoms with Crippen molar-refractivity contribution in [3.63, 3.8) is 0 Å². The fourth-order valence-corrected chi connectivity index (χ4v) is 3.95. The maximum Gasteiger partial charge on any atom is 0.247 e. The molecule has 1 aromatic heterocycles. The van der Waals surface area contributed by atoms with Crippen LogP contribution in [-0.2, 0) is 11.2 Å². The summed E-state index contributed by atoms with van der Waals surface area (Å²) in [6, 6.07) is 7.69. The van der Waals surface area contributed by atoms with Crippen molar-refractivity contribution in [2.45, 2.75) is 25.3 Å². The van der Waals surface area contributed by atoms with Gasteiger partial charge in [0, 0.05) is 17.6 Å². The summed E-state index contributed by atoms with van der Waals surface area (Å²) in [6.07, 6.45) is 2.62. The predicted octanol–water partition coefficient (Wildman–Crippen LogP) is 3.89. The van der Waals surface area contributed by atoms with E-state index >= 15 is 0 Å². The molecular formula is C16H17BrN3OS. The Kier molecular flexibility index (Phi) is 4.78. The van der Waals surface area contributed by atoms with Gasteiger partial charge in [0.25, 0.3) is 0 Å². The SMILES string of the molecule is [CH2]Cc1ccc(NC(=O)[C@@H]2CCCN2c2nc(Br)cs2)cc1. The third-order valence-electron chi connectivity index (χ3n) is 3.78. The first-order valence-corrected chi connectivity index (χ1v) is 8.91. The van der Waals surface area contributed by atoms with Crippen LogP contribution >= 0.6 is 27.3 Å². The topological polar surface area (TPSA) is 45.2 Å². The minimum Gasteiger partial charge on any atom is -0.336 e. The summed E-state index contributed by atoms with van der Waals surface area (Å²) >= 11 is 4.93. The molecule has 1 fully saturated rings. The molecule has 2 aromatic rings. The molecule has 1 atom stereocenters. The predicted molar refractivity (Wildman–Crippen MR) is 94.3 cm³/mol. The number of halogens is 1. The van der Waals surface area contributed by atoms with Crippen LogP contribution in [0.3, 0.4) is 0 Å². The number of anilines is 2. The van der Waals surface area contributed by atoms with Gasteiger partial charge in [0.2, 0.25) is 5.91 Å². The van der Waals surface area contributed by atoms with Gasteiger partial charge in [-0.15, -0.1) is 11.3 Å². The van der Waals surface area contributed by atoms with Crippen molar-refractivity contribution in [1.82, 2.24) is 4.98 Å². The third kappa shape index (κ3) is 3.33. The molecule has 1 saturated heterocycles. The van der Waals surface area contributed by atoms with E-state index in [9.17, 15) is 4.79 Å². The Balaban J connectivity index is 1.70. The lowest BCUT2D eigenvalue weighted by molar-refractivity contribution is -0.117. The molecule has 2 heterocycles. The quantitative estimate of drug-likeness (QED) is 0.877. The van der Waals surface area contributed by atoms with Crippen molar-refractivity contribution in [1.29, 1.82) is 0 Å². The summed E-state index contributed by atoms with van der Waals surface area (Å²) in [5.74, 6) is 0.0335. The number of hydrogen-bond donors (Lipinski definition) is 1.